The summed E-state index contributed by atoms with van der Waals surface area (Å²) in [5.74, 6) is 3.69. The molecule has 3 nitrogen and oxygen atoms in total. The number of rotatable bonds is 2. The van der Waals surface area contributed by atoms with Gasteiger partial charge in [-0.3, -0.25) is 10.2 Å². The van der Waals surface area contributed by atoms with E-state index in [2.05, 4.69) is 43.2 Å². The fourth-order valence-corrected chi connectivity index (χ4v) is 7.06. The van der Waals surface area contributed by atoms with Gasteiger partial charge in [-0.05, 0) is 48.6 Å². The van der Waals surface area contributed by atoms with E-state index in [1.165, 1.54) is 58.2 Å². The van der Waals surface area contributed by atoms with Crippen molar-refractivity contribution in [2.24, 2.45) is 29.1 Å². The van der Waals surface area contributed by atoms with E-state index in [1.54, 1.807) is 0 Å². The summed E-state index contributed by atoms with van der Waals surface area (Å²) < 4.78 is 0. The maximum atomic E-state index is 4.09. The van der Waals surface area contributed by atoms with E-state index in [9.17, 15) is 0 Å². The van der Waals surface area contributed by atoms with Crippen LogP contribution < -0.4 is 10.6 Å². The standard InChI is InChI=1S/C21H39N3/c1-5-24-19(21(2,3)4)17(14-9-7-6-8-10-14)18-15-11-12-22-13-16(15)23-20(18)24/h14-20,22-23H,5-13H2,1-4H3. The second-order valence-electron chi connectivity index (χ2n) is 10.1. The highest BCUT2D eigenvalue weighted by Crippen LogP contribution is 2.55. The van der Waals surface area contributed by atoms with Crippen molar-refractivity contribution in [3.63, 3.8) is 0 Å². The minimum absolute atomic E-state index is 0.382. The number of likely N-dealkylation sites (tertiary alicyclic amines) is 1. The summed E-state index contributed by atoms with van der Waals surface area (Å²) in [6.45, 7) is 13.5. The summed E-state index contributed by atoms with van der Waals surface area (Å²) in [6, 6.07) is 1.47. The Balaban J connectivity index is 1.69. The minimum Gasteiger partial charge on any atom is -0.315 e. The Labute approximate surface area is 149 Å². The third-order valence-electron chi connectivity index (χ3n) is 7.75. The summed E-state index contributed by atoms with van der Waals surface area (Å²) >= 11 is 0. The zero-order valence-corrected chi connectivity index (χ0v) is 16.4. The van der Waals surface area contributed by atoms with Gasteiger partial charge in [-0.15, -0.1) is 0 Å². The van der Waals surface area contributed by atoms with Crippen molar-refractivity contribution in [3.8, 4) is 0 Å². The molecule has 3 aliphatic heterocycles. The SMILES string of the molecule is CCN1C2NC3CNCCC3C2C(C2CCCCC2)C1C(C)(C)C. The molecule has 6 atom stereocenters. The van der Waals surface area contributed by atoms with Gasteiger partial charge in [0.25, 0.3) is 0 Å². The molecule has 0 aromatic heterocycles. The monoisotopic (exact) mass is 333 g/mol. The Kier molecular flexibility index (Phi) is 4.73. The number of fused-ring (bicyclic) bond motifs is 3. The van der Waals surface area contributed by atoms with Gasteiger partial charge in [0.15, 0.2) is 0 Å². The molecule has 6 unspecified atom stereocenters. The molecular formula is C21H39N3. The van der Waals surface area contributed by atoms with Gasteiger partial charge in [0.1, 0.15) is 0 Å². The van der Waals surface area contributed by atoms with Crippen LogP contribution in [0.3, 0.4) is 0 Å². The second kappa shape index (κ2) is 6.55. The fraction of sp³-hybridized carbons (Fsp3) is 1.00. The number of hydrogen-bond donors (Lipinski definition) is 2. The minimum atomic E-state index is 0.382. The number of piperidine rings is 1. The topological polar surface area (TPSA) is 27.3 Å². The number of hydrogen-bond acceptors (Lipinski definition) is 3. The van der Waals surface area contributed by atoms with E-state index >= 15 is 0 Å². The van der Waals surface area contributed by atoms with Gasteiger partial charge in [0, 0.05) is 18.6 Å². The summed E-state index contributed by atoms with van der Waals surface area (Å²) in [4.78, 5) is 2.88. The van der Waals surface area contributed by atoms with Crippen LogP contribution in [0.2, 0.25) is 0 Å². The quantitative estimate of drug-likeness (QED) is 0.810. The molecule has 138 valence electrons. The van der Waals surface area contributed by atoms with Crippen molar-refractivity contribution in [3.05, 3.63) is 0 Å². The van der Waals surface area contributed by atoms with E-state index in [4.69, 9.17) is 0 Å². The molecule has 0 amide bonds. The van der Waals surface area contributed by atoms with Crippen LogP contribution in [-0.2, 0) is 0 Å². The molecule has 3 saturated heterocycles. The first-order chi connectivity index (χ1) is 11.5. The van der Waals surface area contributed by atoms with Crippen molar-refractivity contribution in [2.45, 2.75) is 84.5 Å². The zero-order chi connectivity index (χ0) is 16.9. The predicted molar refractivity (Wildman–Crippen MR) is 101 cm³/mol. The highest BCUT2D eigenvalue weighted by molar-refractivity contribution is 5.13. The lowest BCUT2D eigenvalue weighted by molar-refractivity contribution is 0.0461. The predicted octanol–water partition coefficient (Wildman–Crippen LogP) is 3.46. The Morgan fingerprint density at radius 2 is 1.75 bits per heavy atom. The summed E-state index contributed by atoms with van der Waals surface area (Å²) in [6.07, 6.45) is 9.44. The third kappa shape index (κ3) is 2.75. The van der Waals surface area contributed by atoms with Gasteiger partial charge in [-0.1, -0.05) is 59.8 Å². The largest absolute Gasteiger partial charge is 0.315 e. The summed E-state index contributed by atoms with van der Waals surface area (Å²) in [5.41, 5.74) is 0.382. The van der Waals surface area contributed by atoms with Gasteiger partial charge in [0.05, 0.1) is 6.17 Å². The first-order valence-corrected chi connectivity index (χ1v) is 10.7. The van der Waals surface area contributed by atoms with Crippen LogP contribution in [0.25, 0.3) is 0 Å². The molecule has 0 radical (unpaired) electrons. The third-order valence-corrected chi connectivity index (χ3v) is 7.75. The second-order valence-corrected chi connectivity index (χ2v) is 10.1. The molecule has 0 aromatic rings. The molecule has 4 aliphatic rings. The van der Waals surface area contributed by atoms with Crippen LogP contribution in [0, 0.1) is 29.1 Å². The lowest BCUT2D eigenvalue weighted by atomic mass is 9.63. The average molecular weight is 334 g/mol. The van der Waals surface area contributed by atoms with E-state index in [0.717, 1.165) is 35.8 Å². The zero-order valence-electron chi connectivity index (χ0n) is 16.4. The van der Waals surface area contributed by atoms with Crippen molar-refractivity contribution in [2.75, 3.05) is 19.6 Å². The lowest BCUT2D eigenvalue weighted by Gasteiger charge is -2.45. The van der Waals surface area contributed by atoms with Crippen LogP contribution in [0.4, 0.5) is 0 Å². The maximum absolute atomic E-state index is 4.09. The molecule has 24 heavy (non-hydrogen) atoms. The van der Waals surface area contributed by atoms with E-state index in [-0.39, 0.29) is 0 Å². The molecule has 0 aromatic carbocycles. The van der Waals surface area contributed by atoms with Crippen LogP contribution in [0.15, 0.2) is 0 Å². The van der Waals surface area contributed by atoms with Crippen LogP contribution in [-0.4, -0.2) is 42.8 Å². The van der Waals surface area contributed by atoms with Gasteiger partial charge in [0.2, 0.25) is 0 Å². The molecule has 2 N–H and O–H groups in total. The van der Waals surface area contributed by atoms with Crippen molar-refractivity contribution < 1.29 is 0 Å². The normalized spacial score (nSPS) is 44.5. The van der Waals surface area contributed by atoms with Gasteiger partial charge < -0.3 is 5.32 Å². The number of nitrogens with zero attached hydrogens (tertiary/aromatic N) is 1. The number of nitrogens with one attached hydrogen (secondary N) is 2. The Bertz CT molecular complexity index is 437. The van der Waals surface area contributed by atoms with E-state index in [1.807, 2.05) is 0 Å². The average Bonchev–Trinajstić information content (AvgIpc) is 3.09. The summed E-state index contributed by atoms with van der Waals surface area (Å²) in [7, 11) is 0. The first-order valence-electron chi connectivity index (χ1n) is 10.7. The van der Waals surface area contributed by atoms with Crippen LogP contribution in [0.1, 0.15) is 66.2 Å². The molecule has 3 heterocycles. The summed E-state index contributed by atoms with van der Waals surface area (Å²) in [5, 5.41) is 7.72. The Morgan fingerprint density at radius 3 is 2.42 bits per heavy atom. The highest BCUT2D eigenvalue weighted by Gasteiger charge is 2.60. The van der Waals surface area contributed by atoms with Gasteiger partial charge >= 0.3 is 0 Å². The van der Waals surface area contributed by atoms with Crippen LogP contribution in [0.5, 0.6) is 0 Å². The fourth-order valence-electron chi connectivity index (χ4n) is 7.06. The van der Waals surface area contributed by atoms with E-state index < -0.39 is 0 Å². The van der Waals surface area contributed by atoms with Gasteiger partial charge in [-0.25, -0.2) is 0 Å². The van der Waals surface area contributed by atoms with Crippen molar-refractivity contribution in [1.29, 1.82) is 0 Å². The van der Waals surface area contributed by atoms with E-state index in [0.29, 0.717) is 11.6 Å². The lowest BCUT2D eigenvalue weighted by Crippen LogP contribution is -2.54. The molecule has 4 rings (SSSR count). The van der Waals surface area contributed by atoms with Gasteiger partial charge in [-0.2, -0.15) is 0 Å². The Morgan fingerprint density at radius 1 is 1.00 bits per heavy atom. The molecule has 1 aliphatic carbocycles. The Hall–Kier alpha value is -0.120. The smallest absolute Gasteiger partial charge is 0.0638 e. The molecule has 3 heteroatoms. The van der Waals surface area contributed by atoms with Crippen LogP contribution >= 0.6 is 0 Å². The highest BCUT2D eigenvalue weighted by atomic mass is 15.4. The van der Waals surface area contributed by atoms with Crippen molar-refractivity contribution in [1.82, 2.24) is 15.5 Å². The maximum Gasteiger partial charge on any atom is 0.0638 e. The molecule has 0 spiro atoms. The molecular weight excluding hydrogens is 294 g/mol. The molecule has 0 bridgehead atoms. The molecule has 4 fully saturated rings. The first kappa shape index (κ1) is 17.3. The molecule has 1 saturated carbocycles. The van der Waals surface area contributed by atoms with Crippen molar-refractivity contribution >= 4 is 0 Å².